The fraction of sp³-hybridized carbons (Fsp3) is 0.588. The van der Waals surface area contributed by atoms with Crippen molar-refractivity contribution in [3.63, 3.8) is 0 Å². The molecular formula is C17H25BrN2O. The maximum atomic E-state index is 11.6. The van der Waals surface area contributed by atoms with Gasteiger partial charge in [0, 0.05) is 30.0 Å². The van der Waals surface area contributed by atoms with Crippen molar-refractivity contribution in [2.75, 3.05) is 13.1 Å². The molecule has 0 heterocycles. The molecule has 1 aliphatic carbocycles. The fourth-order valence-corrected chi connectivity index (χ4v) is 3.25. The highest BCUT2D eigenvalue weighted by molar-refractivity contribution is 9.10. The van der Waals surface area contributed by atoms with E-state index in [1.165, 1.54) is 10.0 Å². The first-order valence-electron chi connectivity index (χ1n) is 7.80. The normalized spacial score (nSPS) is 21.1. The first-order chi connectivity index (χ1) is 10.1. The lowest BCUT2D eigenvalue weighted by Gasteiger charge is -2.37. The van der Waals surface area contributed by atoms with Crippen LogP contribution in [0.5, 0.6) is 0 Å². The van der Waals surface area contributed by atoms with Crippen molar-refractivity contribution in [3.8, 4) is 0 Å². The van der Waals surface area contributed by atoms with Crippen molar-refractivity contribution in [1.29, 1.82) is 0 Å². The number of hydrogen-bond donors (Lipinski definition) is 2. The topological polar surface area (TPSA) is 41.1 Å². The van der Waals surface area contributed by atoms with E-state index in [9.17, 15) is 4.79 Å². The molecule has 0 aromatic heterocycles. The van der Waals surface area contributed by atoms with E-state index >= 15 is 0 Å². The molecular weight excluding hydrogens is 328 g/mol. The maximum absolute atomic E-state index is 11.6. The summed E-state index contributed by atoms with van der Waals surface area (Å²) in [7, 11) is 0. The fourth-order valence-electron chi connectivity index (χ4n) is 2.64. The number of amides is 1. The molecule has 4 heteroatoms. The van der Waals surface area contributed by atoms with E-state index in [1.807, 2.05) is 0 Å². The SMILES string of the molecule is CC(C)CNC(=O)CCNC1CC(c2ccccc2Br)C1. The molecule has 0 atom stereocenters. The summed E-state index contributed by atoms with van der Waals surface area (Å²) < 4.78 is 1.21. The summed E-state index contributed by atoms with van der Waals surface area (Å²) in [5, 5.41) is 6.43. The van der Waals surface area contributed by atoms with E-state index in [4.69, 9.17) is 0 Å². The lowest BCUT2D eigenvalue weighted by molar-refractivity contribution is -0.121. The van der Waals surface area contributed by atoms with Crippen LogP contribution < -0.4 is 10.6 Å². The second-order valence-electron chi connectivity index (χ2n) is 6.29. The highest BCUT2D eigenvalue weighted by atomic mass is 79.9. The second-order valence-corrected chi connectivity index (χ2v) is 7.14. The van der Waals surface area contributed by atoms with Crippen LogP contribution in [0.4, 0.5) is 0 Å². The van der Waals surface area contributed by atoms with Gasteiger partial charge in [-0.25, -0.2) is 0 Å². The minimum absolute atomic E-state index is 0.151. The molecule has 21 heavy (non-hydrogen) atoms. The van der Waals surface area contributed by atoms with Crippen molar-refractivity contribution in [1.82, 2.24) is 10.6 Å². The zero-order valence-electron chi connectivity index (χ0n) is 12.9. The average Bonchev–Trinajstić information content (AvgIpc) is 2.40. The minimum Gasteiger partial charge on any atom is -0.356 e. The Morgan fingerprint density at radius 2 is 2.05 bits per heavy atom. The molecule has 1 saturated carbocycles. The molecule has 0 spiro atoms. The number of carbonyl (C=O) groups is 1. The van der Waals surface area contributed by atoms with E-state index in [-0.39, 0.29) is 5.91 Å². The Bertz CT molecular complexity index is 470. The number of nitrogens with one attached hydrogen (secondary N) is 2. The number of benzene rings is 1. The summed E-state index contributed by atoms with van der Waals surface area (Å²) in [4.78, 5) is 11.6. The molecule has 1 aliphatic rings. The molecule has 1 aromatic rings. The molecule has 0 bridgehead atoms. The summed E-state index contributed by atoms with van der Waals surface area (Å²) in [6, 6.07) is 9.01. The Morgan fingerprint density at radius 1 is 1.33 bits per heavy atom. The van der Waals surface area contributed by atoms with Crippen LogP contribution in [0, 0.1) is 5.92 Å². The van der Waals surface area contributed by atoms with Gasteiger partial charge in [0.15, 0.2) is 0 Å². The standard InChI is InChI=1S/C17H25BrN2O/c1-12(2)11-20-17(21)7-8-19-14-9-13(10-14)15-5-3-4-6-16(15)18/h3-6,12-14,19H,7-11H2,1-2H3,(H,20,21). The Morgan fingerprint density at radius 3 is 2.71 bits per heavy atom. The first-order valence-corrected chi connectivity index (χ1v) is 8.60. The number of rotatable bonds is 7. The smallest absolute Gasteiger partial charge is 0.221 e. The van der Waals surface area contributed by atoms with Gasteiger partial charge >= 0.3 is 0 Å². The number of carbonyl (C=O) groups excluding carboxylic acids is 1. The lowest BCUT2D eigenvalue weighted by atomic mass is 9.76. The Hall–Kier alpha value is -0.870. The van der Waals surface area contributed by atoms with Crippen LogP contribution >= 0.6 is 15.9 Å². The minimum atomic E-state index is 0.151. The van der Waals surface area contributed by atoms with Crippen LogP contribution in [-0.4, -0.2) is 25.0 Å². The van der Waals surface area contributed by atoms with Gasteiger partial charge in [-0.2, -0.15) is 0 Å². The molecule has 2 rings (SSSR count). The molecule has 3 nitrogen and oxygen atoms in total. The van der Waals surface area contributed by atoms with Crippen LogP contribution in [-0.2, 0) is 4.79 Å². The summed E-state index contributed by atoms with van der Waals surface area (Å²) in [6.07, 6.45) is 2.90. The first kappa shape index (κ1) is 16.5. The Kier molecular flexibility index (Phi) is 6.24. The summed E-state index contributed by atoms with van der Waals surface area (Å²) in [5.74, 6) is 1.31. The molecule has 1 fully saturated rings. The van der Waals surface area contributed by atoms with Crippen LogP contribution in [0.25, 0.3) is 0 Å². The van der Waals surface area contributed by atoms with Crippen molar-refractivity contribution >= 4 is 21.8 Å². The third-order valence-corrected chi connectivity index (χ3v) is 4.70. The van der Waals surface area contributed by atoms with E-state index < -0.39 is 0 Å². The zero-order chi connectivity index (χ0) is 15.2. The molecule has 1 amide bonds. The van der Waals surface area contributed by atoms with Gasteiger partial charge in [0.05, 0.1) is 0 Å². The number of halogens is 1. The van der Waals surface area contributed by atoms with Gasteiger partial charge in [0.1, 0.15) is 0 Å². The van der Waals surface area contributed by atoms with Gasteiger partial charge in [-0.15, -0.1) is 0 Å². The monoisotopic (exact) mass is 352 g/mol. The van der Waals surface area contributed by atoms with E-state index in [1.54, 1.807) is 0 Å². The van der Waals surface area contributed by atoms with Gasteiger partial charge in [0.25, 0.3) is 0 Å². The van der Waals surface area contributed by atoms with Gasteiger partial charge in [-0.05, 0) is 36.3 Å². The molecule has 0 radical (unpaired) electrons. The molecule has 0 saturated heterocycles. The van der Waals surface area contributed by atoms with Crippen LogP contribution in [0.1, 0.15) is 44.6 Å². The Balaban J connectivity index is 1.61. The zero-order valence-corrected chi connectivity index (χ0v) is 14.4. The third-order valence-electron chi connectivity index (χ3n) is 3.98. The van der Waals surface area contributed by atoms with Gasteiger partial charge in [-0.3, -0.25) is 4.79 Å². The van der Waals surface area contributed by atoms with Crippen molar-refractivity contribution in [2.24, 2.45) is 5.92 Å². The maximum Gasteiger partial charge on any atom is 0.221 e. The average molecular weight is 353 g/mol. The Labute approximate surface area is 136 Å². The highest BCUT2D eigenvalue weighted by Gasteiger charge is 2.30. The molecule has 2 N–H and O–H groups in total. The van der Waals surface area contributed by atoms with Crippen LogP contribution in [0.15, 0.2) is 28.7 Å². The highest BCUT2D eigenvalue weighted by Crippen LogP contribution is 2.39. The molecule has 0 aliphatic heterocycles. The van der Waals surface area contributed by atoms with Crippen LogP contribution in [0.2, 0.25) is 0 Å². The van der Waals surface area contributed by atoms with E-state index in [0.29, 0.717) is 24.3 Å². The van der Waals surface area contributed by atoms with Gasteiger partial charge in [0.2, 0.25) is 5.91 Å². The molecule has 0 unspecified atom stereocenters. The predicted molar refractivity (Wildman–Crippen MR) is 90.4 cm³/mol. The predicted octanol–water partition coefficient (Wildman–Crippen LogP) is 3.45. The van der Waals surface area contributed by atoms with Gasteiger partial charge in [-0.1, -0.05) is 48.0 Å². The summed E-state index contributed by atoms with van der Waals surface area (Å²) in [6.45, 7) is 5.76. The lowest BCUT2D eigenvalue weighted by Crippen LogP contribution is -2.41. The van der Waals surface area contributed by atoms with E-state index in [2.05, 4.69) is 64.7 Å². The van der Waals surface area contributed by atoms with Crippen molar-refractivity contribution in [2.45, 2.75) is 45.1 Å². The summed E-state index contributed by atoms with van der Waals surface area (Å²) >= 11 is 3.62. The second kappa shape index (κ2) is 7.95. The largest absolute Gasteiger partial charge is 0.356 e. The molecule has 1 aromatic carbocycles. The van der Waals surface area contributed by atoms with Crippen molar-refractivity contribution < 1.29 is 4.79 Å². The molecule has 116 valence electrons. The van der Waals surface area contributed by atoms with Crippen LogP contribution in [0.3, 0.4) is 0 Å². The summed E-state index contributed by atoms with van der Waals surface area (Å²) in [5.41, 5.74) is 1.41. The quantitative estimate of drug-likeness (QED) is 0.788. The third kappa shape index (κ3) is 5.11. The van der Waals surface area contributed by atoms with Crippen molar-refractivity contribution in [3.05, 3.63) is 34.3 Å². The van der Waals surface area contributed by atoms with E-state index in [0.717, 1.165) is 25.9 Å². The number of hydrogen-bond acceptors (Lipinski definition) is 2. The van der Waals surface area contributed by atoms with Gasteiger partial charge < -0.3 is 10.6 Å².